The molecule has 0 aliphatic carbocycles. The second-order valence-corrected chi connectivity index (χ2v) is 7.24. The third-order valence-corrected chi connectivity index (χ3v) is 4.60. The maximum absolute atomic E-state index is 12.1. The zero-order valence-corrected chi connectivity index (χ0v) is 17.2. The van der Waals surface area contributed by atoms with Crippen LogP contribution in [0.5, 0.6) is 0 Å². The van der Waals surface area contributed by atoms with E-state index >= 15 is 0 Å². The number of nitrogens with zero attached hydrogens (tertiary/aromatic N) is 1. The molecule has 3 rings (SSSR count). The molecule has 0 aliphatic rings. The Morgan fingerprint density at radius 2 is 1.97 bits per heavy atom. The van der Waals surface area contributed by atoms with Gasteiger partial charge < -0.3 is 15.1 Å². The van der Waals surface area contributed by atoms with Crippen molar-refractivity contribution in [3.05, 3.63) is 70.2 Å². The molecule has 0 radical (unpaired) electrons. The summed E-state index contributed by atoms with van der Waals surface area (Å²) in [6.07, 6.45) is 2.18. The highest BCUT2D eigenvalue weighted by atomic mass is 35.5. The molecule has 0 saturated carbocycles. The average molecular weight is 432 g/mol. The largest absolute Gasteiger partial charge is 0.441 e. The Hall–Kier alpha value is -2.83. The van der Waals surface area contributed by atoms with E-state index in [0.29, 0.717) is 45.9 Å². The minimum Gasteiger partial charge on any atom is -0.441 e. The molecular formula is C21H19Cl2N3O3. The van der Waals surface area contributed by atoms with Crippen LogP contribution in [0.3, 0.4) is 0 Å². The molecule has 0 unspecified atom stereocenters. The molecule has 150 valence electrons. The highest BCUT2D eigenvalue weighted by Crippen LogP contribution is 2.30. The first-order valence-electron chi connectivity index (χ1n) is 8.94. The van der Waals surface area contributed by atoms with Gasteiger partial charge in [-0.2, -0.15) is 0 Å². The van der Waals surface area contributed by atoms with E-state index in [0.717, 1.165) is 5.56 Å². The number of anilines is 1. The Bertz CT molecular complexity index is 1030. The monoisotopic (exact) mass is 431 g/mol. The lowest BCUT2D eigenvalue weighted by Crippen LogP contribution is -2.23. The van der Waals surface area contributed by atoms with Crippen molar-refractivity contribution >= 4 is 40.7 Å². The summed E-state index contributed by atoms with van der Waals surface area (Å²) in [5, 5.41) is 6.57. The summed E-state index contributed by atoms with van der Waals surface area (Å²) < 4.78 is 5.70. The van der Waals surface area contributed by atoms with Gasteiger partial charge in [-0.05, 0) is 35.9 Å². The molecule has 29 heavy (non-hydrogen) atoms. The quantitative estimate of drug-likeness (QED) is 0.559. The lowest BCUT2D eigenvalue weighted by Gasteiger charge is -2.07. The predicted octanol–water partition coefficient (Wildman–Crippen LogP) is 4.86. The molecule has 0 spiro atoms. The van der Waals surface area contributed by atoms with Crippen LogP contribution in [0.4, 0.5) is 5.69 Å². The van der Waals surface area contributed by atoms with Crippen LogP contribution in [0.15, 0.2) is 53.1 Å². The number of hydrogen-bond acceptors (Lipinski definition) is 4. The first-order chi connectivity index (χ1) is 13.9. The first kappa shape index (κ1) is 20.9. The minimum absolute atomic E-state index is 0.126. The van der Waals surface area contributed by atoms with Crippen LogP contribution < -0.4 is 10.6 Å². The van der Waals surface area contributed by atoms with E-state index in [1.807, 2.05) is 18.2 Å². The van der Waals surface area contributed by atoms with Gasteiger partial charge in [-0.1, -0.05) is 35.3 Å². The maximum atomic E-state index is 12.1. The van der Waals surface area contributed by atoms with Crippen molar-refractivity contribution in [3.8, 4) is 11.3 Å². The number of amides is 2. The van der Waals surface area contributed by atoms with Gasteiger partial charge in [0.05, 0.1) is 11.2 Å². The van der Waals surface area contributed by atoms with Crippen LogP contribution in [-0.2, 0) is 22.6 Å². The standard InChI is InChI=1S/C21H19Cl2N3O3/c1-13(27)26-16-4-2-3-14(9-16)11-24-20(28)7-8-21-25-12-19(29-21)17-6-5-15(22)10-18(17)23/h2-6,9-10,12H,7-8,11H2,1H3,(H,24,28)(H,26,27). The number of halogens is 2. The van der Waals surface area contributed by atoms with E-state index in [1.54, 1.807) is 30.5 Å². The second-order valence-electron chi connectivity index (χ2n) is 6.40. The Balaban J connectivity index is 1.51. The third-order valence-electron chi connectivity index (χ3n) is 4.05. The number of nitrogens with one attached hydrogen (secondary N) is 2. The molecule has 0 aliphatic heterocycles. The zero-order chi connectivity index (χ0) is 20.8. The molecule has 0 saturated heterocycles. The van der Waals surface area contributed by atoms with Gasteiger partial charge in [0, 0.05) is 42.6 Å². The zero-order valence-electron chi connectivity index (χ0n) is 15.7. The van der Waals surface area contributed by atoms with Crippen molar-refractivity contribution in [1.29, 1.82) is 0 Å². The van der Waals surface area contributed by atoms with Crippen LogP contribution >= 0.6 is 23.2 Å². The second kappa shape index (κ2) is 9.58. The highest BCUT2D eigenvalue weighted by molar-refractivity contribution is 6.36. The van der Waals surface area contributed by atoms with Gasteiger partial charge in [0.1, 0.15) is 0 Å². The molecule has 8 heteroatoms. The van der Waals surface area contributed by atoms with Gasteiger partial charge in [0.15, 0.2) is 11.7 Å². The lowest BCUT2D eigenvalue weighted by atomic mass is 10.2. The van der Waals surface area contributed by atoms with Crippen molar-refractivity contribution in [1.82, 2.24) is 10.3 Å². The van der Waals surface area contributed by atoms with Crippen molar-refractivity contribution in [2.24, 2.45) is 0 Å². The molecule has 3 aromatic rings. The number of rotatable bonds is 7. The number of aryl methyl sites for hydroxylation is 1. The molecule has 2 N–H and O–H groups in total. The van der Waals surface area contributed by atoms with Crippen LogP contribution in [0.1, 0.15) is 24.8 Å². The van der Waals surface area contributed by atoms with Crippen molar-refractivity contribution in [2.75, 3.05) is 5.32 Å². The smallest absolute Gasteiger partial charge is 0.221 e. The Labute approximate surface area is 178 Å². The van der Waals surface area contributed by atoms with Crippen LogP contribution in [0.2, 0.25) is 10.0 Å². The normalized spacial score (nSPS) is 10.6. The molecule has 6 nitrogen and oxygen atoms in total. The molecule has 2 aromatic carbocycles. The average Bonchev–Trinajstić information content (AvgIpc) is 3.13. The van der Waals surface area contributed by atoms with E-state index in [1.165, 1.54) is 6.92 Å². The summed E-state index contributed by atoms with van der Waals surface area (Å²) in [5.41, 5.74) is 2.27. The predicted molar refractivity (Wildman–Crippen MR) is 113 cm³/mol. The van der Waals surface area contributed by atoms with Crippen LogP contribution in [-0.4, -0.2) is 16.8 Å². The molecule has 0 fully saturated rings. The van der Waals surface area contributed by atoms with Crippen molar-refractivity contribution < 1.29 is 14.0 Å². The van der Waals surface area contributed by atoms with Crippen LogP contribution in [0, 0.1) is 0 Å². The van der Waals surface area contributed by atoms with E-state index in [-0.39, 0.29) is 18.2 Å². The van der Waals surface area contributed by atoms with E-state index in [9.17, 15) is 9.59 Å². The Morgan fingerprint density at radius 1 is 1.14 bits per heavy atom. The molecular weight excluding hydrogens is 413 g/mol. The molecule has 2 amide bonds. The Morgan fingerprint density at radius 3 is 2.72 bits per heavy atom. The number of carbonyl (C=O) groups is 2. The first-order valence-corrected chi connectivity index (χ1v) is 9.69. The van der Waals surface area contributed by atoms with Gasteiger partial charge in [0.2, 0.25) is 11.8 Å². The summed E-state index contributed by atoms with van der Waals surface area (Å²) in [6, 6.07) is 12.4. The molecule has 1 heterocycles. The number of carbonyl (C=O) groups excluding carboxylic acids is 2. The van der Waals surface area contributed by atoms with Gasteiger partial charge in [-0.15, -0.1) is 0 Å². The Kier molecular flexibility index (Phi) is 6.90. The van der Waals surface area contributed by atoms with Crippen LogP contribution in [0.25, 0.3) is 11.3 Å². The molecule has 0 atom stereocenters. The fourth-order valence-electron chi connectivity index (χ4n) is 2.71. The fourth-order valence-corrected chi connectivity index (χ4v) is 3.21. The van der Waals surface area contributed by atoms with Gasteiger partial charge >= 0.3 is 0 Å². The SMILES string of the molecule is CC(=O)Nc1cccc(CNC(=O)CCc2ncc(-c3ccc(Cl)cc3Cl)o2)c1. The third kappa shape index (κ3) is 6.07. The van der Waals surface area contributed by atoms with Gasteiger partial charge in [0.25, 0.3) is 0 Å². The summed E-state index contributed by atoms with van der Waals surface area (Å²) in [7, 11) is 0. The molecule has 0 bridgehead atoms. The van der Waals surface area contributed by atoms with Gasteiger partial charge in [-0.25, -0.2) is 4.98 Å². The summed E-state index contributed by atoms with van der Waals surface area (Å²) in [6.45, 7) is 1.81. The summed E-state index contributed by atoms with van der Waals surface area (Å²) in [5.74, 6) is 0.710. The van der Waals surface area contributed by atoms with Gasteiger partial charge in [-0.3, -0.25) is 9.59 Å². The lowest BCUT2D eigenvalue weighted by molar-refractivity contribution is -0.121. The number of aromatic nitrogens is 1. The van der Waals surface area contributed by atoms with Crippen molar-refractivity contribution in [2.45, 2.75) is 26.3 Å². The summed E-state index contributed by atoms with van der Waals surface area (Å²) in [4.78, 5) is 27.5. The highest BCUT2D eigenvalue weighted by Gasteiger charge is 2.12. The van der Waals surface area contributed by atoms with E-state index < -0.39 is 0 Å². The van der Waals surface area contributed by atoms with E-state index in [4.69, 9.17) is 27.6 Å². The number of benzene rings is 2. The van der Waals surface area contributed by atoms with E-state index in [2.05, 4.69) is 15.6 Å². The minimum atomic E-state index is -0.142. The number of oxazole rings is 1. The fraction of sp³-hybridized carbons (Fsp3) is 0.190. The maximum Gasteiger partial charge on any atom is 0.221 e. The van der Waals surface area contributed by atoms with Crippen molar-refractivity contribution in [3.63, 3.8) is 0 Å². The molecule has 1 aromatic heterocycles. The number of hydrogen-bond donors (Lipinski definition) is 2. The summed E-state index contributed by atoms with van der Waals surface area (Å²) >= 11 is 12.1. The topological polar surface area (TPSA) is 84.2 Å².